The molecule has 1 aliphatic heterocycles. The molecule has 1 aliphatic rings. The lowest BCUT2D eigenvalue weighted by Gasteiger charge is -2.18. The van der Waals surface area contributed by atoms with Crippen molar-refractivity contribution >= 4 is 11.8 Å². The van der Waals surface area contributed by atoms with E-state index in [2.05, 4.69) is 16.2 Å². The number of amides is 2. The number of rotatable bonds is 5. The van der Waals surface area contributed by atoms with E-state index in [0.717, 1.165) is 11.3 Å². The summed E-state index contributed by atoms with van der Waals surface area (Å²) >= 11 is 0. The molecule has 2 aromatic rings. The lowest BCUT2D eigenvalue weighted by molar-refractivity contribution is -0.121. The molecule has 0 aliphatic carbocycles. The van der Waals surface area contributed by atoms with Gasteiger partial charge in [-0.3, -0.25) is 15.0 Å². The van der Waals surface area contributed by atoms with Crippen molar-refractivity contribution in [2.45, 2.75) is 12.1 Å². The summed E-state index contributed by atoms with van der Waals surface area (Å²) in [6.07, 6.45) is 0. The fraction of sp³-hybridized carbons (Fsp3) is 0.222. The van der Waals surface area contributed by atoms with Gasteiger partial charge in [0, 0.05) is 5.56 Å². The van der Waals surface area contributed by atoms with Gasteiger partial charge in [-0.15, -0.1) is 0 Å². The first-order chi connectivity index (χ1) is 12.1. The van der Waals surface area contributed by atoms with Gasteiger partial charge in [-0.05, 0) is 42.0 Å². The second-order valence-electron chi connectivity index (χ2n) is 5.56. The Labute approximate surface area is 145 Å². The molecule has 0 spiro atoms. The van der Waals surface area contributed by atoms with Gasteiger partial charge in [0.2, 0.25) is 0 Å². The van der Waals surface area contributed by atoms with Gasteiger partial charge in [-0.25, -0.2) is 5.43 Å². The van der Waals surface area contributed by atoms with Gasteiger partial charge in [0.05, 0.1) is 20.3 Å². The first-order valence-corrected chi connectivity index (χ1v) is 7.76. The summed E-state index contributed by atoms with van der Waals surface area (Å²) in [5.41, 5.74) is 6.79. The minimum absolute atomic E-state index is 0.289. The molecular weight excluding hydrogens is 322 g/mol. The molecule has 2 aromatic carbocycles. The minimum atomic E-state index is -0.719. The van der Waals surface area contributed by atoms with E-state index in [4.69, 9.17) is 9.47 Å². The summed E-state index contributed by atoms with van der Waals surface area (Å²) < 4.78 is 10.2. The summed E-state index contributed by atoms with van der Waals surface area (Å²) in [6, 6.07) is 12.9. The van der Waals surface area contributed by atoms with Gasteiger partial charge in [0.15, 0.2) is 0 Å². The normalized spacial score (nSPS) is 19.2. The Kier molecular flexibility index (Phi) is 4.85. The Morgan fingerprint density at radius 2 is 1.52 bits per heavy atom. The van der Waals surface area contributed by atoms with Crippen LogP contribution >= 0.6 is 0 Å². The largest absolute Gasteiger partial charge is 0.497 e. The van der Waals surface area contributed by atoms with Crippen LogP contribution in [0.1, 0.15) is 22.0 Å². The average molecular weight is 341 g/mol. The zero-order chi connectivity index (χ0) is 17.8. The van der Waals surface area contributed by atoms with Crippen LogP contribution in [0, 0.1) is 0 Å². The van der Waals surface area contributed by atoms with Crippen molar-refractivity contribution in [3.8, 4) is 11.5 Å². The van der Waals surface area contributed by atoms with Crippen LogP contribution in [-0.2, 0) is 4.79 Å². The standard InChI is InChI=1S/C18H19N3O4/c1-24-13-7-3-11(4-8-13)15-16(18(23)21-20-15)19-17(22)12-5-9-14(25-2)10-6-12/h3-10,15-16,20H,1-2H3,(H,19,22)(H,21,23)/t15-,16+/m1/s1. The van der Waals surface area contributed by atoms with Crippen molar-refractivity contribution in [1.82, 2.24) is 16.2 Å². The highest BCUT2D eigenvalue weighted by Gasteiger charge is 2.36. The molecule has 3 N–H and O–H groups in total. The number of methoxy groups -OCH3 is 2. The molecule has 1 fully saturated rings. The highest BCUT2D eigenvalue weighted by atomic mass is 16.5. The lowest BCUT2D eigenvalue weighted by Crippen LogP contribution is -2.42. The van der Waals surface area contributed by atoms with Crippen molar-refractivity contribution in [3.05, 3.63) is 59.7 Å². The van der Waals surface area contributed by atoms with Crippen LogP contribution in [0.15, 0.2) is 48.5 Å². The maximum Gasteiger partial charge on any atom is 0.258 e. The van der Waals surface area contributed by atoms with E-state index < -0.39 is 6.04 Å². The number of hydrazine groups is 1. The molecule has 0 saturated carbocycles. The molecule has 0 unspecified atom stereocenters. The van der Waals surface area contributed by atoms with Crippen LogP contribution in [-0.4, -0.2) is 32.1 Å². The summed E-state index contributed by atoms with van der Waals surface area (Å²) in [4.78, 5) is 24.6. The third kappa shape index (κ3) is 3.56. The lowest BCUT2D eigenvalue weighted by atomic mass is 10.00. The fourth-order valence-electron chi connectivity index (χ4n) is 2.66. The van der Waals surface area contributed by atoms with E-state index in [1.54, 1.807) is 38.5 Å². The molecule has 7 heteroatoms. The highest BCUT2D eigenvalue weighted by Crippen LogP contribution is 2.23. The van der Waals surface area contributed by atoms with Crippen LogP contribution in [0.5, 0.6) is 11.5 Å². The average Bonchev–Trinajstić information content (AvgIpc) is 3.02. The number of hydrogen-bond donors (Lipinski definition) is 3. The van der Waals surface area contributed by atoms with Crippen molar-refractivity contribution in [2.24, 2.45) is 0 Å². The number of benzene rings is 2. The van der Waals surface area contributed by atoms with Gasteiger partial charge >= 0.3 is 0 Å². The Morgan fingerprint density at radius 3 is 2.08 bits per heavy atom. The Morgan fingerprint density at radius 1 is 0.960 bits per heavy atom. The van der Waals surface area contributed by atoms with Crippen LogP contribution in [0.25, 0.3) is 0 Å². The van der Waals surface area contributed by atoms with E-state index in [1.165, 1.54) is 0 Å². The van der Waals surface area contributed by atoms with Gasteiger partial charge in [0.25, 0.3) is 11.8 Å². The van der Waals surface area contributed by atoms with Gasteiger partial charge < -0.3 is 14.8 Å². The van der Waals surface area contributed by atoms with Crippen molar-refractivity contribution in [1.29, 1.82) is 0 Å². The van der Waals surface area contributed by atoms with Crippen molar-refractivity contribution in [2.75, 3.05) is 14.2 Å². The fourth-order valence-corrected chi connectivity index (χ4v) is 2.66. The Balaban J connectivity index is 1.75. The molecule has 3 rings (SSSR count). The molecule has 2 atom stereocenters. The predicted octanol–water partition coefficient (Wildman–Crippen LogP) is 1.18. The third-order valence-corrected chi connectivity index (χ3v) is 4.08. The van der Waals surface area contributed by atoms with Gasteiger partial charge in [-0.2, -0.15) is 0 Å². The predicted molar refractivity (Wildman–Crippen MR) is 91.3 cm³/mol. The van der Waals surface area contributed by atoms with Crippen LogP contribution in [0.3, 0.4) is 0 Å². The Hall–Kier alpha value is -3.06. The van der Waals surface area contributed by atoms with E-state index in [0.29, 0.717) is 11.3 Å². The smallest absolute Gasteiger partial charge is 0.258 e. The first kappa shape index (κ1) is 16.8. The first-order valence-electron chi connectivity index (χ1n) is 7.76. The monoisotopic (exact) mass is 341 g/mol. The molecule has 7 nitrogen and oxygen atoms in total. The van der Waals surface area contributed by atoms with E-state index in [9.17, 15) is 9.59 Å². The second kappa shape index (κ2) is 7.23. The van der Waals surface area contributed by atoms with Gasteiger partial charge in [0.1, 0.15) is 17.5 Å². The number of carbonyl (C=O) groups is 2. The summed E-state index contributed by atoms with van der Waals surface area (Å²) in [6.45, 7) is 0. The summed E-state index contributed by atoms with van der Waals surface area (Å²) in [5, 5.41) is 2.77. The molecule has 130 valence electrons. The molecular formula is C18H19N3O4. The number of carbonyl (C=O) groups excluding carboxylic acids is 2. The molecule has 1 heterocycles. The molecule has 0 bridgehead atoms. The highest BCUT2D eigenvalue weighted by molar-refractivity contribution is 5.98. The van der Waals surface area contributed by atoms with E-state index >= 15 is 0 Å². The molecule has 0 radical (unpaired) electrons. The molecule has 1 saturated heterocycles. The van der Waals surface area contributed by atoms with Gasteiger partial charge in [-0.1, -0.05) is 12.1 Å². The van der Waals surface area contributed by atoms with E-state index in [1.807, 2.05) is 24.3 Å². The van der Waals surface area contributed by atoms with Crippen LogP contribution < -0.4 is 25.6 Å². The molecule has 2 amide bonds. The zero-order valence-corrected chi connectivity index (χ0v) is 13.9. The Bertz CT molecular complexity index is 759. The maximum absolute atomic E-state index is 12.4. The van der Waals surface area contributed by atoms with Crippen LogP contribution in [0.2, 0.25) is 0 Å². The molecule has 25 heavy (non-hydrogen) atoms. The van der Waals surface area contributed by atoms with Crippen molar-refractivity contribution < 1.29 is 19.1 Å². The minimum Gasteiger partial charge on any atom is -0.497 e. The maximum atomic E-state index is 12.4. The van der Waals surface area contributed by atoms with Crippen LogP contribution in [0.4, 0.5) is 0 Å². The SMILES string of the molecule is COc1ccc(C(=O)N[C@@H]2C(=O)NN[C@@H]2c2ccc(OC)cc2)cc1. The topological polar surface area (TPSA) is 88.7 Å². The zero-order valence-electron chi connectivity index (χ0n) is 13.9. The number of hydrogen-bond acceptors (Lipinski definition) is 5. The third-order valence-electron chi connectivity index (χ3n) is 4.08. The quantitative estimate of drug-likeness (QED) is 0.760. The second-order valence-corrected chi connectivity index (χ2v) is 5.56. The number of ether oxygens (including phenoxy) is 2. The number of nitrogens with one attached hydrogen (secondary N) is 3. The van der Waals surface area contributed by atoms with Crippen molar-refractivity contribution in [3.63, 3.8) is 0 Å². The summed E-state index contributed by atoms with van der Waals surface area (Å²) in [5.74, 6) is 0.764. The molecule has 0 aromatic heterocycles. The summed E-state index contributed by atoms with van der Waals surface area (Å²) in [7, 11) is 3.15. The van der Waals surface area contributed by atoms with E-state index in [-0.39, 0.29) is 17.9 Å².